The zero-order valence-electron chi connectivity index (χ0n) is 13.6. The van der Waals surface area contributed by atoms with Crippen molar-refractivity contribution in [3.8, 4) is 0 Å². The molecule has 0 aliphatic carbocycles. The van der Waals surface area contributed by atoms with Gasteiger partial charge >= 0.3 is 0 Å². The molecule has 0 saturated heterocycles. The van der Waals surface area contributed by atoms with E-state index in [9.17, 15) is 8.42 Å². The molecule has 0 saturated carbocycles. The van der Waals surface area contributed by atoms with Crippen LogP contribution in [0.2, 0.25) is 0 Å². The van der Waals surface area contributed by atoms with Crippen LogP contribution in [0.4, 0.5) is 0 Å². The van der Waals surface area contributed by atoms with Gasteiger partial charge in [-0.1, -0.05) is 20.8 Å². The van der Waals surface area contributed by atoms with Gasteiger partial charge in [0.1, 0.15) is 4.21 Å². The Morgan fingerprint density at radius 1 is 1.24 bits per heavy atom. The lowest BCUT2D eigenvalue weighted by Crippen LogP contribution is -2.37. The third-order valence-electron chi connectivity index (χ3n) is 3.57. The monoisotopic (exact) mass is 332 g/mol. The zero-order chi connectivity index (χ0) is 15.9. The molecule has 1 N–H and O–H groups in total. The number of thiophene rings is 1. The van der Waals surface area contributed by atoms with Crippen LogP contribution in [-0.4, -0.2) is 38.4 Å². The summed E-state index contributed by atoms with van der Waals surface area (Å²) in [6.07, 6.45) is 2.83. The Morgan fingerprint density at radius 2 is 1.95 bits per heavy atom. The van der Waals surface area contributed by atoms with Gasteiger partial charge in [0, 0.05) is 17.5 Å². The molecule has 1 aromatic heterocycles. The molecule has 0 bridgehead atoms. The van der Waals surface area contributed by atoms with Crippen LogP contribution in [-0.2, 0) is 16.4 Å². The summed E-state index contributed by atoms with van der Waals surface area (Å²) in [5.41, 5.74) is 0. The normalized spacial score (nSPS) is 13.8. The van der Waals surface area contributed by atoms with Gasteiger partial charge in [-0.2, -0.15) is 4.31 Å². The van der Waals surface area contributed by atoms with Crippen LogP contribution in [0.1, 0.15) is 45.4 Å². The summed E-state index contributed by atoms with van der Waals surface area (Å²) in [4.78, 5) is 1.12. The largest absolute Gasteiger partial charge is 0.316 e. The molecule has 0 spiro atoms. The van der Waals surface area contributed by atoms with E-state index in [0.29, 0.717) is 10.8 Å². The second-order valence-electron chi connectivity index (χ2n) is 5.19. The fourth-order valence-corrected chi connectivity index (χ4v) is 5.38. The van der Waals surface area contributed by atoms with E-state index < -0.39 is 10.0 Å². The maximum Gasteiger partial charge on any atom is 0.252 e. The molecule has 0 aliphatic heterocycles. The van der Waals surface area contributed by atoms with Gasteiger partial charge in [0.2, 0.25) is 0 Å². The molecule has 0 amide bonds. The first kappa shape index (κ1) is 18.6. The highest BCUT2D eigenvalue weighted by Gasteiger charge is 2.28. The second kappa shape index (κ2) is 8.88. The molecule has 1 unspecified atom stereocenters. The Labute approximate surface area is 133 Å². The average Bonchev–Trinajstić information content (AvgIpc) is 2.93. The Hall–Kier alpha value is -0.430. The molecule has 0 aromatic carbocycles. The summed E-state index contributed by atoms with van der Waals surface area (Å²) in [5.74, 6) is 0. The summed E-state index contributed by atoms with van der Waals surface area (Å²) < 4.78 is 27.4. The Balaban J connectivity index is 2.78. The molecule has 6 heteroatoms. The molecule has 1 heterocycles. The van der Waals surface area contributed by atoms with Gasteiger partial charge < -0.3 is 5.32 Å². The number of hydrogen-bond donors (Lipinski definition) is 1. The first-order valence-corrected chi connectivity index (χ1v) is 10.0. The van der Waals surface area contributed by atoms with E-state index >= 15 is 0 Å². The molecule has 4 nitrogen and oxygen atoms in total. The molecule has 0 aliphatic rings. The zero-order valence-corrected chi connectivity index (χ0v) is 15.2. The van der Waals surface area contributed by atoms with Crippen molar-refractivity contribution >= 4 is 21.4 Å². The molecular formula is C15H28N2O2S2. The van der Waals surface area contributed by atoms with Crippen molar-refractivity contribution < 1.29 is 8.42 Å². The van der Waals surface area contributed by atoms with Crippen LogP contribution in [0, 0.1) is 0 Å². The van der Waals surface area contributed by atoms with Crippen LogP contribution >= 0.6 is 11.3 Å². The number of sulfonamides is 1. The topological polar surface area (TPSA) is 49.4 Å². The van der Waals surface area contributed by atoms with E-state index in [1.54, 1.807) is 10.4 Å². The summed E-state index contributed by atoms with van der Waals surface area (Å²) in [6.45, 7) is 10.4. The van der Waals surface area contributed by atoms with Crippen molar-refractivity contribution in [2.45, 2.75) is 57.2 Å². The van der Waals surface area contributed by atoms with Gasteiger partial charge in [0.05, 0.1) is 0 Å². The molecule has 0 radical (unpaired) electrons. The first-order valence-electron chi connectivity index (χ1n) is 7.78. The van der Waals surface area contributed by atoms with Gasteiger partial charge in [-0.3, -0.25) is 0 Å². The Morgan fingerprint density at radius 3 is 2.52 bits per heavy atom. The fourth-order valence-electron chi connectivity index (χ4n) is 2.18. The second-order valence-corrected chi connectivity index (χ2v) is 8.47. The van der Waals surface area contributed by atoms with Crippen molar-refractivity contribution in [1.82, 2.24) is 9.62 Å². The highest BCUT2D eigenvalue weighted by molar-refractivity contribution is 7.91. The van der Waals surface area contributed by atoms with Gasteiger partial charge in [0.25, 0.3) is 10.0 Å². The summed E-state index contributed by atoms with van der Waals surface area (Å²) in [6, 6.07) is 3.73. The molecule has 21 heavy (non-hydrogen) atoms. The van der Waals surface area contributed by atoms with E-state index in [1.807, 2.05) is 26.8 Å². The van der Waals surface area contributed by atoms with Crippen LogP contribution in [0.15, 0.2) is 16.3 Å². The fraction of sp³-hybridized carbons (Fsp3) is 0.733. The van der Waals surface area contributed by atoms with Gasteiger partial charge in [-0.05, 0) is 51.4 Å². The lowest BCUT2D eigenvalue weighted by Gasteiger charge is -2.25. The maximum absolute atomic E-state index is 12.7. The third-order valence-corrected chi connectivity index (χ3v) is 7.27. The van der Waals surface area contributed by atoms with E-state index in [4.69, 9.17) is 0 Å². The SMILES string of the molecule is CCCNCCc1ccc(S(=O)(=O)N(CC)C(C)CC)s1. The minimum atomic E-state index is -3.35. The van der Waals surface area contributed by atoms with Crippen LogP contribution in [0.25, 0.3) is 0 Å². The average molecular weight is 333 g/mol. The van der Waals surface area contributed by atoms with Crippen molar-refractivity contribution in [1.29, 1.82) is 0 Å². The van der Waals surface area contributed by atoms with Crippen molar-refractivity contribution in [3.05, 3.63) is 17.0 Å². The minimum Gasteiger partial charge on any atom is -0.316 e. The highest BCUT2D eigenvalue weighted by atomic mass is 32.2. The molecule has 0 fully saturated rings. The highest BCUT2D eigenvalue weighted by Crippen LogP contribution is 2.26. The third kappa shape index (κ3) is 5.06. The summed E-state index contributed by atoms with van der Waals surface area (Å²) in [5, 5.41) is 3.34. The first-order chi connectivity index (χ1) is 9.97. The van der Waals surface area contributed by atoms with Gasteiger partial charge in [-0.25, -0.2) is 8.42 Å². The Kier molecular flexibility index (Phi) is 7.87. The maximum atomic E-state index is 12.7. The number of nitrogens with zero attached hydrogens (tertiary/aromatic N) is 1. The van der Waals surface area contributed by atoms with Crippen LogP contribution < -0.4 is 5.32 Å². The van der Waals surface area contributed by atoms with Crippen molar-refractivity contribution in [2.24, 2.45) is 0 Å². The van der Waals surface area contributed by atoms with Crippen LogP contribution in [0.3, 0.4) is 0 Å². The van der Waals surface area contributed by atoms with E-state index in [2.05, 4.69) is 12.2 Å². The minimum absolute atomic E-state index is 0.0387. The lowest BCUT2D eigenvalue weighted by molar-refractivity contribution is 0.343. The smallest absolute Gasteiger partial charge is 0.252 e. The van der Waals surface area contributed by atoms with Gasteiger partial charge in [0.15, 0.2) is 0 Å². The Bertz CT molecular complexity index is 511. The standard InChI is InChI=1S/C15H28N2O2S2/c1-5-11-16-12-10-14-8-9-15(20-14)21(18,19)17(7-3)13(4)6-2/h8-9,13,16H,5-7,10-12H2,1-4H3. The molecule has 1 rings (SSSR count). The predicted octanol–water partition coefficient (Wildman–Crippen LogP) is 3.10. The molecule has 1 atom stereocenters. The van der Waals surface area contributed by atoms with E-state index in [1.165, 1.54) is 11.3 Å². The number of hydrogen-bond acceptors (Lipinski definition) is 4. The van der Waals surface area contributed by atoms with E-state index in [0.717, 1.165) is 37.2 Å². The van der Waals surface area contributed by atoms with Crippen molar-refractivity contribution in [2.75, 3.05) is 19.6 Å². The number of rotatable bonds is 10. The summed E-state index contributed by atoms with van der Waals surface area (Å²) >= 11 is 1.40. The predicted molar refractivity (Wildman–Crippen MR) is 90.5 cm³/mol. The van der Waals surface area contributed by atoms with Gasteiger partial charge in [-0.15, -0.1) is 11.3 Å². The van der Waals surface area contributed by atoms with E-state index in [-0.39, 0.29) is 6.04 Å². The summed E-state index contributed by atoms with van der Waals surface area (Å²) in [7, 11) is -3.35. The van der Waals surface area contributed by atoms with Crippen LogP contribution in [0.5, 0.6) is 0 Å². The number of nitrogens with one attached hydrogen (secondary N) is 1. The quantitative estimate of drug-likeness (QED) is 0.670. The molecule has 1 aromatic rings. The van der Waals surface area contributed by atoms with Crippen molar-refractivity contribution in [3.63, 3.8) is 0 Å². The lowest BCUT2D eigenvalue weighted by atomic mass is 10.3. The molecular weight excluding hydrogens is 304 g/mol. The molecule has 122 valence electrons.